The van der Waals surface area contributed by atoms with Gasteiger partial charge in [0.25, 0.3) is 0 Å². The summed E-state index contributed by atoms with van der Waals surface area (Å²) in [6, 6.07) is 3.18. The van der Waals surface area contributed by atoms with E-state index in [1.54, 1.807) is 0 Å². The molecular formula is C7H6BF3N2. The molecule has 0 heterocycles. The third kappa shape index (κ3) is 2.15. The molecule has 0 aliphatic heterocycles. The van der Waals surface area contributed by atoms with Gasteiger partial charge in [0.05, 0.1) is 11.3 Å². The summed E-state index contributed by atoms with van der Waals surface area (Å²) in [5.41, 5.74) is 1.11. The summed E-state index contributed by atoms with van der Waals surface area (Å²) < 4.78 is 36.7. The maximum atomic E-state index is 12.2. The van der Waals surface area contributed by atoms with Gasteiger partial charge in [-0.25, -0.2) is 0 Å². The molecule has 3 N–H and O–H groups in total. The summed E-state index contributed by atoms with van der Waals surface area (Å²) in [4.78, 5) is 0. The highest BCUT2D eigenvalue weighted by Gasteiger charge is 2.33. The Morgan fingerprint density at radius 2 is 1.92 bits per heavy atom. The Balaban J connectivity index is 3.22. The van der Waals surface area contributed by atoms with Crippen LogP contribution in [0, 0.1) is 0 Å². The van der Waals surface area contributed by atoms with Gasteiger partial charge in [-0.3, -0.25) is 5.84 Å². The number of rotatable bonds is 1. The van der Waals surface area contributed by atoms with Gasteiger partial charge in [-0.2, -0.15) is 13.2 Å². The smallest absolute Gasteiger partial charge is 0.324 e. The van der Waals surface area contributed by atoms with Gasteiger partial charge in [0, 0.05) is 0 Å². The molecule has 0 aromatic heterocycles. The van der Waals surface area contributed by atoms with Gasteiger partial charge < -0.3 is 5.43 Å². The van der Waals surface area contributed by atoms with Crippen LogP contribution in [0.1, 0.15) is 5.56 Å². The lowest BCUT2D eigenvalue weighted by Gasteiger charge is -2.12. The van der Waals surface area contributed by atoms with Gasteiger partial charge >= 0.3 is 6.18 Å². The standard InChI is InChI=1S/C7H6BF3N2/c8-4-1-2-5(7(9,10)11)6(3-4)13-12/h1-3,13H,12H2. The molecule has 1 aromatic rings. The molecule has 0 unspecified atom stereocenters. The topological polar surface area (TPSA) is 38.0 Å². The van der Waals surface area contributed by atoms with Crippen LogP contribution in [0.4, 0.5) is 18.9 Å². The van der Waals surface area contributed by atoms with Crippen LogP contribution in [-0.2, 0) is 6.18 Å². The molecule has 13 heavy (non-hydrogen) atoms. The second-order valence-corrected chi connectivity index (χ2v) is 2.45. The Bertz CT molecular complexity index is 311. The highest BCUT2D eigenvalue weighted by Crippen LogP contribution is 2.33. The van der Waals surface area contributed by atoms with Crippen molar-refractivity contribution in [1.29, 1.82) is 0 Å². The summed E-state index contributed by atoms with van der Waals surface area (Å²) in [5.74, 6) is 4.91. The van der Waals surface area contributed by atoms with E-state index in [0.29, 0.717) is 0 Å². The first kappa shape index (κ1) is 9.92. The van der Waals surface area contributed by atoms with E-state index in [1.807, 2.05) is 5.43 Å². The van der Waals surface area contributed by atoms with Crippen molar-refractivity contribution in [2.24, 2.45) is 5.84 Å². The van der Waals surface area contributed by atoms with Gasteiger partial charge in [-0.1, -0.05) is 11.5 Å². The van der Waals surface area contributed by atoms with Crippen LogP contribution in [0.15, 0.2) is 18.2 Å². The third-order valence-corrected chi connectivity index (χ3v) is 1.50. The van der Waals surface area contributed by atoms with E-state index in [-0.39, 0.29) is 11.2 Å². The number of benzene rings is 1. The van der Waals surface area contributed by atoms with Crippen LogP contribution in [0.3, 0.4) is 0 Å². The number of halogens is 3. The first-order valence-electron chi connectivity index (χ1n) is 3.38. The van der Waals surface area contributed by atoms with Crippen LogP contribution in [0.25, 0.3) is 0 Å². The van der Waals surface area contributed by atoms with Gasteiger partial charge in [0.15, 0.2) is 0 Å². The van der Waals surface area contributed by atoms with Gasteiger partial charge in [-0.15, -0.1) is 0 Å². The highest BCUT2D eigenvalue weighted by molar-refractivity contribution is 6.32. The first-order valence-corrected chi connectivity index (χ1v) is 3.38. The van der Waals surface area contributed by atoms with Crippen LogP contribution in [0.2, 0.25) is 0 Å². The molecular weight excluding hydrogens is 180 g/mol. The molecule has 0 atom stereocenters. The van der Waals surface area contributed by atoms with Crippen molar-refractivity contribution >= 4 is 19.0 Å². The number of nitrogens with two attached hydrogens (primary N) is 1. The molecule has 0 saturated heterocycles. The van der Waals surface area contributed by atoms with Crippen molar-refractivity contribution in [2.45, 2.75) is 6.18 Å². The maximum Gasteiger partial charge on any atom is 0.418 e. The van der Waals surface area contributed by atoms with E-state index < -0.39 is 11.7 Å². The van der Waals surface area contributed by atoms with Crippen molar-refractivity contribution in [1.82, 2.24) is 0 Å². The molecule has 0 amide bonds. The van der Waals surface area contributed by atoms with E-state index in [0.717, 1.165) is 12.1 Å². The van der Waals surface area contributed by atoms with E-state index in [9.17, 15) is 13.2 Å². The minimum absolute atomic E-state index is 0.223. The molecule has 1 rings (SSSR count). The van der Waals surface area contributed by atoms with Crippen molar-refractivity contribution in [3.8, 4) is 0 Å². The average molecular weight is 186 g/mol. The predicted molar refractivity (Wildman–Crippen MR) is 44.6 cm³/mol. The SMILES string of the molecule is [B]c1ccc(C(F)(F)F)c(NN)c1. The van der Waals surface area contributed by atoms with Crippen LogP contribution >= 0.6 is 0 Å². The molecule has 0 aliphatic carbocycles. The van der Waals surface area contributed by atoms with Crippen LogP contribution < -0.4 is 16.7 Å². The third-order valence-electron chi connectivity index (χ3n) is 1.50. The largest absolute Gasteiger partial charge is 0.418 e. The number of anilines is 1. The number of hydrazine groups is 1. The summed E-state index contributed by atoms with van der Waals surface area (Å²) >= 11 is 0. The lowest BCUT2D eigenvalue weighted by Crippen LogP contribution is -2.17. The zero-order chi connectivity index (χ0) is 10.1. The van der Waals surface area contributed by atoms with Crippen molar-refractivity contribution in [2.75, 3.05) is 5.43 Å². The lowest BCUT2D eigenvalue weighted by atomic mass is 9.94. The fourth-order valence-corrected chi connectivity index (χ4v) is 0.928. The fourth-order valence-electron chi connectivity index (χ4n) is 0.928. The van der Waals surface area contributed by atoms with E-state index in [1.165, 1.54) is 6.07 Å². The predicted octanol–water partition coefficient (Wildman–Crippen LogP) is 0.785. The van der Waals surface area contributed by atoms with Crippen molar-refractivity contribution in [3.63, 3.8) is 0 Å². The Morgan fingerprint density at radius 1 is 1.31 bits per heavy atom. The Morgan fingerprint density at radius 3 is 2.38 bits per heavy atom. The second kappa shape index (κ2) is 3.29. The van der Waals surface area contributed by atoms with Crippen LogP contribution in [-0.4, -0.2) is 7.85 Å². The van der Waals surface area contributed by atoms with Crippen LogP contribution in [0.5, 0.6) is 0 Å². The molecule has 1 aromatic carbocycles. The number of hydrogen-bond donors (Lipinski definition) is 2. The quantitative estimate of drug-likeness (QED) is 0.386. The molecule has 0 fully saturated rings. The summed E-state index contributed by atoms with van der Waals surface area (Å²) in [6.45, 7) is 0. The molecule has 6 heteroatoms. The number of alkyl halides is 3. The molecule has 0 spiro atoms. The Kier molecular flexibility index (Phi) is 2.51. The summed E-state index contributed by atoms with van der Waals surface area (Å²) in [7, 11) is 5.28. The normalized spacial score (nSPS) is 11.4. The van der Waals surface area contributed by atoms with Gasteiger partial charge in [0.2, 0.25) is 0 Å². The second-order valence-electron chi connectivity index (χ2n) is 2.45. The highest BCUT2D eigenvalue weighted by atomic mass is 19.4. The molecule has 2 radical (unpaired) electrons. The fraction of sp³-hybridized carbons (Fsp3) is 0.143. The first-order chi connectivity index (χ1) is 5.95. The summed E-state index contributed by atoms with van der Waals surface area (Å²) in [6.07, 6.45) is -4.42. The molecule has 2 nitrogen and oxygen atoms in total. The molecule has 0 saturated carbocycles. The number of nitrogen functional groups attached to an aromatic ring is 1. The minimum atomic E-state index is -4.42. The average Bonchev–Trinajstić information content (AvgIpc) is 2.01. The molecule has 68 valence electrons. The van der Waals surface area contributed by atoms with Gasteiger partial charge in [0.1, 0.15) is 7.85 Å². The van der Waals surface area contributed by atoms with E-state index in [4.69, 9.17) is 13.7 Å². The molecule has 0 bridgehead atoms. The minimum Gasteiger partial charge on any atom is -0.324 e. The number of hydrogen-bond acceptors (Lipinski definition) is 2. The Labute approximate surface area is 74.3 Å². The van der Waals surface area contributed by atoms with Gasteiger partial charge in [-0.05, 0) is 12.1 Å². The maximum absolute atomic E-state index is 12.2. The zero-order valence-corrected chi connectivity index (χ0v) is 6.52. The summed E-state index contributed by atoms with van der Waals surface area (Å²) in [5, 5.41) is 0. The Hall–Kier alpha value is -1.17. The van der Waals surface area contributed by atoms with E-state index in [2.05, 4.69) is 0 Å². The van der Waals surface area contributed by atoms with Crippen molar-refractivity contribution in [3.05, 3.63) is 23.8 Å². The zero-order valence-electron chi connectivity index (χ0n) is 6.52. The van der Waals surface area contributed by atoms with E-state index >= 15 is 0 Å². The lowest BCUT2D eigenvalue weighted by molar-refractivity contribution is -0.136. The van der Waals surface area contributed by atoms with Crippen molar-refractivity contribution < 1.29 is 13.2 Å². The monoisotopic (exact) mass is 186 g/mol. The number of nitrogens with one attached hydrogen (secondary N) is 1. The molecule has 0 aliphatic rings.